The van der Waals surface area contributed by atoms with Gasteiger partial charge in [-0.1, -0.05) is 44.6 Å². The van der Waals surface area contributed by atoms with Gasteiger partial charge in [-0.25, -0.2) is 0 Å². The van der Waals surface area contributed by atoms with Crippen LogP contribution in [0.15, 0.2) is 0 Å². The van der Waals surface area contributed by atoms with Crippen LogP contribution in [0.4, 0.5) is 5.95 Å². The van der Waals surface area contributed by atoms with Gasteiger partial charge in [0.05, 0.1) is 0 Å². The smallest absolute Gasteiger partial charge is 0.269 e. The fourth-order valence-corrected chi connectivity index (χ4v) is 1.55. The van der Waals surface area contributed by atoms with Gasteiger partial charge in [0.1, 0.15) is 0 Å². The van der Waals surface area contributed by atoms with Crippen molar-refractivity contribution in [2.45, 2.75) is 46.0 Å². The van der Waals surface area contributed by atoms with E-state index in [4.69, 9.17) is 0 Å². The molecule has 0 radical (unpaired) electrons. The quantitative estimate of drug-likeness (QED) is 0.692. The Kier molecular flexibility index (Phi) is 5.45. The number of amides is 1. The van der Waals surface area contributed by atoms with E-state index in [0.717, 1.165) is 6.42 Å². The van der Waals surface area contributed by atoms with E-state index < -0.39 is 0 Å². The minimum absolute atomic E-state index is 0.0506. The van der Waals surface area contributed by atoms with Crippen LogP contribution >= 0.6 is 0 Å². The fraction of sp³-hybridized carbons (Fsp3) is 0.800. The van der Waals surface area contributed by atoms with Crippen LogP contribution in [-0.4, -0.2) is 26.5 Å². The van der Waals surface area contributed by atoms with E-state index in [9.17, 15) is 4.79 Å². The third-order valence-corrected chi connectivity index (χ3v) is 2.43. The maximum Gasteiger partial charge on any atom is 0.269 e. The highest BCUT2D eigenvalue weighted by atomic mass is 16.1. The molecule has 16 heavy (non-hydrogen) atoms. The minimum atomic E-state index is -0.0506. The molecule has 2 N–H and O–H groups in total. The van der Waals surface area contributed by atoms with Crippen molar-refractivity contribution in [1.82, 2.24) is 20.6 Å². The van der Waals surface area contributed by atoms with Crippen LogP contribution in [0.3, 0.4) is 0 Å². The second-order valence-electron chi connectivity index (χ2n) is 4.09. The molecule has 1 atom stereocenters. The van der Waals surface area contributed by atoms with Gasteiger partial charge in [0.15, 0.2) is 0 Å². The van der Waals surface area contributed by atoms with E-state index in [1.165, 1.54) is 19.3 Å². The van der Waals surface area contributed by atoms with Crippen molar-refractivity contribution < 1.29 is 4.79 Å². The summed E-state index contributed by atoms with van der Waals surface area (Å²) in [6.45, 7) is 4.26. The van der Waals surface area contributed by atoms with E-state index in [2.05, 4.69) is 39.8 Å². The monoisotopic (exact) mass is 225 g/mol. The lowest BCUT2D eigenvalue weighted by Gasteiger charge is -2.09. The van der Waals surface area contributed by atoms with Gasteiger partial charge in [-0.3, -0.25) is 10.1 Å². The van der Waals surface area contributed by atoms with Gasteiger partial charge in [-0.15, -0.1) is 5.10 Å². The molecular formula is C10H19N5O. The molecule has 0 spiro atoms. The molecule has 1 aromatic heterocycles. The number of unbranched alkanes of at least 4 members (excludes halogenated alkanes) is 2. The van der Waals surface area contributed by atoms with Crippen LogP contribution in [0.2, 0.25) is 0 Å². The number of carbonyl (C=O) groups excluding carboxylic acids is 1. The van der Waals surface area contributed by atoms with E-state index >= 15 is 0 Å². The van der Waals surface area contributed by atoms with Gasteiger partial charge >= 0.3 is 0 Å². The van der Waals surface area contributed by atoms with Crippen molar-refractivity contribution in [2.24, 2.45) is 5.92 Å². The summed E-state index contributed by atoms with van der Waals surface area (Å²) >= 11 is 0. The van der Waals surface area contributed by atoms with Gasteiger partial charge in [-0.05, 0) is 11.1 Å². The summed E-state index contributed by atoms with van der Waals surface area (Å²) in [5, 5.41) is 15.6. The lowest BCUT2D eigenvalue weighted by molar-refractivity contribution is -0.117. The molecule has 1 amide bonds. The van der Waals surface area contributed by atoms with Gasteiger partial charge in [0.25, 0.3) is 5.95 Å². The molecule has 90 valence electrons. The van der Waals surface area contributed by atoms with Crippen LogP contribution in [0.1, 0.15) is 46.0 Å². The summed E-state index contributed by atoms with van der Waals surface area (Å²) in [4.78, 5) is 11.5. The molecule has 6 heteroatoms. The van der Waals surface area contributed by atoms with E-state index in [1.54, 1.807) is 0 Å². The standard InChI is InChI=1S/C10H19N5O/c1-3-4-5-6-8(2)7-9(16)11-10-12-14-15-13-10/h8H,3-7H2,1-2H3,(H2,11,12,13,14,15,16). The third-order valence-electron chi connectivity index (χ3n) is 2.43. The molecule has 0 aliphatic heterocycles. The molecule has 6 nitrogen and oxygen atoms in total. The number of hydrogen-bond acceptors (Lipinski definition) is 4. The molecule has 0 aliphatic rings. The predicted octanol–water partition coefficient (Wildman–Crippen LogP) is 1.74. The van der Waals surface area contributed by atoms with Crippen molar-refractivity contribution in [2.75, 3.05) is 5.32 Å². The van der Waals surface area contributed by atoms with Crippen molar-refractivity contribution in [3.8, 4) is 0 Å². The number of anilines is 1. The second kappa shape index (κ2) is 6.92. The first kappa shape index (κ1) is 12.6. The first-order valence-electron chi connectivity index (χ1n) is 5.75. The molecule has 0 saturated heterocycles. The Balaban J connectivity index is 2.18. The minimum Gasteiger partial charge on any atom is -0.292 e. The highest BCUT2D eigenvalue weighted by Crippen LogP contribution is 2.13. The fourth-order valence-electron chi connectivity index (χ4n) is 1.55. The van der Waals surface area contributed by atoms with Crippen LogP contribution in [-0.2, 0) is 4.79 Å². The number of tetrazole rings is 1. The van der Waals surface area contributed by atoms with Crippen molar-refractivity contribution in [3.63, 3.8) is 0 Å². The van der Waals surface area contributed by atoms with Gasteiger partial charge < -0.3 is 0 Å². The van der Waals surface area contributed by atoms with Crippen molar-refractivity contribution >= 4 is 11.9 Å². The summed E-state index contributed by atoms with van der Waals surface area (Å²) < 4.78 is 0. The van der Waals surface area contributed by atoms with Gasteiger partial charge in [-0.2, -0.15) is 5.21 Å². The average molecular weight is 225 g/mol. The molecule has 1 heterocycles. The lowest BCUT2D eigenvalue weighted by Crippen LogP contribution is -2.16. The highest BCUT2D eigenvalue weighted by Gasteiger charge is 2.10. The number of carbonyl (C=O) groups is 1. The van der Waals surface area contributed by atoms with Crippen molar-refractivity contribution in [3.05, 3.63) is 0 Å². The lowest BCUT2D eigenvalue weighted by atomic mass is 10.00. The molecular weight excluding hydrogens is 206 g/mol. The van der Waals surface area contributed by atoms with Gasteiger partial charge in [0, 0.05) is 6.42 Å². The first-order valence-corrected chi connectivity index (χ1v) is 5.75. The molecule has 0 aliphatic carbocycles. The SMILES string of the molecule is CCCCCC(C)CC(=O)Nc1nn[nH]n1. The molecule has 1 rings (SSSR count). The summed E-state index contributed by atoms with van der Waals surface area (Å²) in [6.07, 6.45) is 5.23. The molecule has 0 aromatic carbocycles. The Hall–Kier alpha value is -1.46. The average Bonchev–Trinajstić information content (AvgIpc) is 2.70. The number of H-pyrrole nitrogens is 1. The Morgan fingerprint density at radius 1 is 1.50 bits per heavy atom. The molecule has 1 unspecified atom stereocenters. The summed E-state index contributed by atoms with van der Waals surface area (Å²) in [7, 11) is 0. The number of nitrogens with zero attached hydrogens (tertiary/aromatic N) is 3. The maximum atomic E-state index is 11.5. The highest BCUT2D eigenvalue weighted by molar-refractivity contribution is 5.88. The molecule has 0 bridgehead atoms. The van der Waals surface area contributed by atoms with Gasteiger partial charge in [0.2, 0.25) is 5.91 Å². The molecule has 0 fully saturated rings. The normalized spacial score (nSPS) is 12.4. The number of aromatic amines is 1. The molecule has 0 saturated carbocycles. The number of aromatic nitrogens is 4. The predicted molar refractivity (Wildman–Crippen MR) is 60.7 cm³/mol. The number of hydrogen-bond donors (Lipinski definition) is 2. The first-order chi connectivity index (χ1) is 7.72. The second-order valence-corrected chi connectivity index (χ2v) is 4.09. The van der Waals surface area contributed by atoms with Crippen LogP contribution in [0.5, 0.6) is 0 Å². The van der Waals surface area contributed by atoms with Crippen molar-refractivity contribution in [1.29, 1.82) is 0 Å². The Morgan fingerprint density at radius 2 is 2.31 bits per heavy atom. The van der Waals surface area contributed by atoms with E-state index in [-0.39, 0.29) is 11.9 Å². The summed E-state index contributed by atoms with van der Waals surface area (Å²) in [5.41, 5.74) is 0. The zero-order chi connectivity index (χ0) is 11.8. The van der Waals surface area contributed by atoms with Crippen LogP contribution in [0.25, 0.3) is 0 Å². The zero-order valence-electron chi connectivity index (χ0n) is 9.86. The Labute approximate surface area is 95.2 Å². The molecule has 1 aromatic rings. The topological polar surface area (TPSA) is 83.6 Å². The zero-order valence-corrected chi connectivity index (χ0v) is 9.86. The Morgan fingerprint density at radius 3 is 2.94 bits per heavy atom. The number of nitrogens with one attached hydrogen (secondary N) is 2. The van der Waals surface area contributed by atoms with Crippen LogP contribution in [0, 0.1) is 5.92 Å². The summed E-state index contributed by atoms with van der Waals surface area (Å²) in [5.74, 6) is 0.592. The van der Waals surface area contributed by atoms with E-state index in [0.29, 0.717) is 12.3 Å². The largest absolute Gasteiger partial charge is 0.292 e. The number of rotatable bonds is 7. The third kappa shape index (κ3) is 4.86. The van der Waals surface area contributed by atoms with Crippen LogP contribution < -0.4 is 5.32 Å². The Bertz CT molecular complexity index is 298. The maximum absolute atomic E-state index is 11.5. The van der Waals surface area contributed by atoms with E-state index in [1.807, 2.05) is 0 Å². The summed E-state index contributed by atoms with van der Waals surface area (Å²) in [6, 6.07) is 0.